The van der Waals surface area contributed by atoms with Crippen molar-refractivity contribution in [3.8, 4) is 67.3 Å². The van der Waals surface area contributed by atoms with Crippen LogP contribution in [0, 0.1) is 0 Å². The second kappa shape index (κ2) is 14.3. The van der Waals surface area contributed by atoms with Gasteiger partial charge in [-0.25, -0.2) is 9.97 Å². The number of imidazole rings is 2. The van der Waals surface area contributed by atoms with Gasteiger partial charge in [-0.15, -0.1) is 0 Å². The van der Waals surface area contributed by atoms with Gasteiger partial charge in [0.1, 0.15) is 11.6 Å². The van der Waals surface area contributed by atoms with Crippen molar-refractivity contribution in [3.05, 3.63) is 206 Å². The molecular formula is C58H40N4. The number of hydrogen-bond acceptors (Lipinski definition) is 2. The molecule has 0 radical (unpaired) electrons. The molecule has 12 aromatic rings. The molecule has 62 heavy (non-hydrogen) atoms. The smallest absolute Gasteiger partial charge is 0.140 e. The maximum atomic E-state index is 5.07. The molecule has 2 heterocycles. The van der Waals surface area contributed by atoms with E-state index in [0.29, 0.717) is 0 Å². The SMILES string of the molecule is Cn1c(-c2ccccc2)nc2ccc(-c3cccc4c(-c5ccc6c(-c7ccccc7)cccc6c5)c5cccc(-c6ccc7nc(-c8ccccc8)n(C)c7c6)c5cc34)cc21. The maximum Gasteiger partial charge on any atom is 0.140 e. The monoisotopic (exact) mass is 792 g/mol. The summed E-state index contributed by atoms with van der Waals surface area (Å²) in [6.45, 7) is 0. The lowest BCUT2D eigenvalue weighted by Crippen LogP contribution is -1.93. The van der Waals surface area contributed by atoms with Crippen LogP contribution in [0.5, 0.6) is 0 Å². The average Bonchev–Trinajstić information content (AvgIpc) is 3.85. The fourth-order valence-electron chi connectivity index (χ4n) is 9.70. The first-order valence-electron chi connectivity index (χ1n) is 21.2. The number of nitrogens with zero attached hydrogens (tertiary/aromatic N) is 4. The van der Waals surface area contributed by atoms with E-state index in [4.69, 9.17) is 9.97 Å². The number of hydrogen-bond donors (Lipinski definition) is 0. The van der Waals surface area contributed by atoms with E-state index in [9.17, 15) is 0 Å². The van der Waals surface area contributed by atoms with Gasteiger partial charge in [0.25, 0.3) is 0 Å². The Balaban J connectivity index is 1.10. The van der Waals surface area contributed by atoms with Gasteiger partial charge in [0.05, 0.1) is 22.1 Å². The highest BCUT2D eigenvalue weighted by Crippen LogP contribution is 2.45. The number of fused-ring (bicyclic) bond motifs is 5. The van der Waals surface area contributed by atoms with E-state index < -0.39 is 0 Å². The molecule has 0 aliphatic heterocycles. The molecule has 0 aliphatic carbocycles. The zero-order valence-electron chi connectivity index (χ0n) is 34.4. The minimum absolute atomic E-state index is 0.960. The van der Waals surface area contributed by atoms with Crippen molar-refractivity contribution < 1.29 is 0 Å². The van der Waals surface area contributed by atoms with Crippen LogP contribution in [-0.4, -0.2) is 19.1 Å². The number of aryl methyl sites for hydroxylation is 2. The lowest BCUT2D eigenvalue weighted by Gasteiger charge is -2.18. The lowest BCUT2D eigenvalue weighted by atomic mass is 9.85. The van der Waals surface area contributed by atoms with Crippen molar-refractivity contribution in [3.63, 3.8) is 0 Å². The van der Waals surface area contributed by atoms with Crippen molar-refractivity contribution in [1.29, 1.82) is 0 Å². The minimum Gasteiger partial charge on any atom is -0.327 e. The molecular weight excluding hydrogens is 753 g/mol. The quantitative estimate of drug-likeness (QED) is 0.157. The highest BCUT2D eigenvalue weighted by atomic mass is 15.1. The van der Waals surface area contributed by atoms with Crippen LogP contribution in [0.1, 0.15) is 0 Å². The fourth-order valence-corrected chi connectivity index (χ4v) is 9.70. The van der Waals surface area contributed by atoms with E-state index in [-0.39, 0.29) is 0 Å². The van der Waals surface area contributed by atoms with Gasteiger partial charge in [-0.2, -0.15) is 0 Å². The molecule has 0 unspecified atom stereocenters. The maximum absolute atomic E-state index is 5.07. The molecule has 4 nitrogen and oxygen atoms in total. The Kier molecular flexibility index (Phi) is 8.26. The van der Waals surface area contributed by atoms with Crippen molar-refractivity contribution in [2.45, 2.75) is 0 Å². The summed E-state index contributed by atoms with van der Waals surface area (Å²) >= 11 is 0. The predicted molar refractivity (Wildman–Crippen MR) is 260 cm³/mol. The van der Waals surface area contributed by atoms with E-state index in [0.717, 1.165) is 56.0 Å². The van der Waals surface area contributed by atoms with Crippen molar-refractivity contribution in [1.82, 2.24) is 19.1 Å². The minimum atomic E-state index is 0.960. The molecule has 0 amide bonds. The predicted octanol–water partition coefficient (Wildman–Crippen LogP) is 14.9. The number of rotatable bonds is 6. The molecule has 12 rings (SSSR count). The van der Waals surface area contributed by atoms with Gasteiger partial charge in [0, 0.05) is 25.2 Å². The summed E-state index contributed by atoms with van der Waals surface area (Å²) < 4.78 is 4.43. The second-order valence-electron chi connectivity index (χ2n) is 16.3. The molecule has 0 bridgehead atoms. The van der Waals surface area contributed by atoms with Crippen LogP contribution in [0.15, 0.2) is 206 Å². The van der Waals surface area contributed by atoms with E-state index >= 15 is 0 Å². The third-order valence-electron chi connectivity index (χ3n) is 12.7. The molecule has 4 heteroatoms. The van der Waals surface area contributed by atoms with Gasteiger partial charge in [-0.3, -0.25) is 0 Å². The van der Waals surface area contributed by atoms with Crippen molar-refractivity contribution in [2.24, 2.45) is 14.1 Å². The standard InChI is InChI=1S/C58H40N4/c1-61-54-34-41(28-31-52(54)59-57(61)38-17-8-4-9-18-38)45-23-13-25-48-50(45)36-51-46(42-29-32-53-55(35-42)62(2)58(60-53)39-19-10-5-11-20-39)24-14-26-49(51)56(48)43-27-30-47-40(33-43)21-12-22-44(47)37-15-6-3-7-16-37/h3-36H,1-2H3. The Labute approximate surface area is 359 Å². The van der Waals surface area contributed by atoms with Crippen LogP contribution >= 0.6 is 0 Å². The van der Waals surface area contributed by atoms with Gasteiger partial charge in [0.2, 0.25) is 0 Å². The van der Waals surface area contributed by atoms with E-state index in [2.05, 4.69) is 217 Å². The Morgan fingerprint density at radius 1 is 0.306 bits per heavy atom. The third kappa shape index (κ3) is 5.76. The molecule has 10 aromatic carbocycles. The zero-order valence-corrected chi connectivity index (χ0v) is 34.4. The molecule has 292 valence electrons. The van der Waals surface area contributed by atoms with Crippen LogP contribution in [0.4, 0.5) is 0 Å². The molecule has 0 saturated carbocycles. The molecule has 0 atom stereocenters. The van der Waals surface area contributed by atoms with Crippen LogP contribution in [-0.2, 0) is 14.1 Å². The van der Waals surface area contributed by atoms with Gasteiger partial charge in [-0.1, -0.05) is 170 Å². The van der Waals surface area contributed by atoms with Gasteiger partial charge in [-0.05, 0) is 113 Å². The topological polar surface area (TPSA) is 35.6 Å². The van der Waals surface area contributed by atoms with E-state index in [1.807, 2.05) is 12.1 Å². The average molecular weight is 793 g/mol. The second-order valence-corrected chi connectivity index (χ2v) is 16.3. The summed E-state index contributed by atoms with van der Waals surface area (Å²) in [4.78, 5) is 10.1. The summed E-state index contributed by atoms with van der Waals surface area (Å²) in [5.41, 5.74) is 15.9. The summed E-state index contributed by atoms with van der Waals surface area (Å²) in [6, 6.07) is 74.7. The Morgan fingerprint density at radius 2 is 0.758 bits per heavy atom. The first-order chi connectivity index (χ1) is 30.6. The lowest BCUT2D eigenvalue weighted by molar-refractivity contribution is 0.959. The van der Waals surface area contributed by atoms with Crippen LogP contribution in [0.2, 0.25) is 0 Å². The van der Waals surface area contributed by atoms with Crippen molar-refractivity contribution in [2.75, 3.05) is 0 Å². The third-order valence-corrected chi connectivity index (χ3v) is 12.7. The van der Waals surface area contributed by atoms with Gasteiger partial charge >= 0.3 is 0 Å². The molecule has 0 aliphatic rings. The van der Waals surface area contributed by atoms with Crippen molar-refractivity contribution >= 4 is 54.4 Å². The summed E-state index contributed by atoms with van der Waals surface area (Å²) in [6.07, 6.45) is 0. The largest absolute Gasteiger partial charge is 0.327 e. The Hall–Kier alpha value is -8.08. The fraction of sp³-hybridized carbons (Fsp3) is 0.0345. The first kappa shape index (κ1) is 35.8. The number of benzene rings is 10. The first-order valence-corrected chi connectivity index (χ1v) is 21.2. The normalized spacial score (nSPS) is 11.7. The summed E-state index contributed by atoms with van der Waals surface area (Å²) in [5, 5.41) is 7.31. The Morgan fingerprint density at radius 3 is 1.27 bits per heavy atom. The molecule has 0 N–H and O–H groups in total. The molecule has 0 fully saturated rings. The zero-order chi connectivity index (χ0) is 41.3. The van der Waals surface area contributed by atoms with Crippen LogP contribution < -0.4 is 0 Å². The summed E-state index contributed by atoms with van der Waals surface area (Å²) in [7, 11) is 4.24. The number of aromatic nitrogens is 4. The molecule has 0 saturated heterocycles. The highest BCUT2D eigenvalue weighted by molar-refractivity contribution is 6.20. The van der Waals surface area contributed by atoms with E-state index in [1.165, 1.54) is 65.7 Å². The Bertz CT molecular complexity index is 3510. The molecule has 2 aromatic heterocycles. The highest BCUT2D eigenvalue weighted by Gasteiger charge is 2.19. The van der Waals surface area contributed by atoms with E-state index in [1.54, 1.807) is 0 Å². The van der Waals surface area contributed by atoms with Gasteiger partial charge in [0.15, 0.2) is 0 Å². The van der Waals surface area contributed by atoms with Crippen LogP contribution in [0.25, 0.3) is 122 Å². The molecule has 0 spiro atoms. The summed E-state index contributed by atoms with van der Waals surface area (Å²) in [5.74, 6) is 1.92. The van der Waals surface area contributed by atoms with Gasteiger partial charge < -0.3 is 9.13 Å². The van der Waals surface area contributed by atoms with Crippen LogP contribution in [0.3, 0.4) is 0 Å².